The third-order valence-electron chi connectivity index (χ3n) is 3.73. The van der Waals surface area contributed by atoms with Crippen molar-refractivity contribution < 1.29 is 12.8 Å². The van der Waals surface area contributed by atoms with Gasteiger partial charge in [0.05, 0.1) is 11.8 Å². The number of hydrogen-bond donors (Lipinski definition) is 1. The number of nitrogens with one attached hydrogen (secondary N) is 1. The van der Waals surface area contributed by atoms with Crippen molar-refractivity contribution in [2.75, 3.05) is 5.75 Å². The van der Waals surface area contributed by atoms with Crippen LogP contribution in [0.4, 0.5) is 4.39 Å². The minimum absolute atomic E-state index is 0.0493. The first kappa shape index (κ1) is 13.5. The molecular weight excluding hydrogens is 281 g/mol. The summed E-state index contributed by atoms with van der Waals surface area (Å²) in [4.78, 5) is 4.02. The molecular formula is C13H16FN3O2S. The first-order valence-electron chi connectivity index (χ1n) is 6.57. The average Bonchev–Trinajstić information content (AvgIpc) is 3.01. The number of fused-ring (bicyclic) bond motifs is 1. The van der Waals surface area contributed by atoms with Crippen LogP contribution >= 0.6 is 0 Å². The number of sulfone groups is 1. The maximum absolute atomic E-state index is 14.1. The van der Waals surface area contributed by atoms with E-state index in [4.69, 9.17) is 0 Å². The van der Waals surface area contributed by atoms with E-state index in [0.717, 1.165) is 5.56 Å². The lowest BCUT2D eigenvalue weighted by molar-refractivity contribution is 0.160. The molecule has 0 spiro atoms. The quantitative estimate of drug-likeness (QED) is 0.896. The number of hydrogen-bond acceptors (Lipinski definition) is 5. The number of benzene rings is 1. The minimum atomic E-state index is -3.44. The molecule has 3 rings (SSSR count). The fourth-order valence-electron chi connectivity index (χ4n) is 2.61. The van der Waals surface area contributed by atoms with E-state index in [2.05, 4.69) is 10.4 Å². The van der Waals surface area contributed by atoms with Crippen LogP contribution in [0.25, 0.3) is 0 Å². The molecule has 2 aliphatic heterocycles. The van der Waals surface area contributed by atoms with Gasteiger partial charge in [-0.25, -0.2) is 17.8 Å². The highest BCUT2D eigenvalue weighted by atomic mass is 32.2. The number of hydrazine groups is 1. The number of nitrogens with zero attached hydrogens (tertiary/aromatic N) is 2. The number of alkyl halides is 1. The van der Waals surface area contributed by atoms with Crippen molar-refractivity contribution in [1.29, 1.82) is 0 Å². The number of halogens is 1. The van der Waals surface area contributed by atoms with Crippen LogP contribution < -0.4 is 5.43 Å². The summed E-state index contributed by atoms with van der Waals surface area (Å²) in [6, 6.07) is 9.28. The predicted molar refractivity (Wildman–Crippen MR) is 74.4 cm³/mol. The highest BCUT2D eigenvalue weighted by molar-refractivity contribution is 8.06. The van der Waals surface area contributed by atoms with Crippen LogP contribution in [-0.4, -0.2) is 36.7 Å². The molecule has 108 valence electrons. The average molecular weight is 297 g/mol. The van der Waals surface area contributed by atoms with Gasteiger partial charge < -0.3 is 0 Å². The molecule has 1 unspecified atom stereocenters. The number of amidine groups is 1. The van der Waals surface area contributed by atoms with E-state index in [1.54, 1.807) is 11.9 Å². The molecule has 1 saturated heterocycles. The van der Waals surface area contributed by atoms with Gasteiger partial charge in [-0.2, -0.15) is 5.01 Å². The molecule has 5 nitrogen and oxygen atoms in total. The Morgan fingerprint density at radius 2 is 2.10 bits per heavy atom. The van der Waals surface area contributed by atoms with Crippen molar-refractivity contribution >= 4 is 15.0 Å². The number of rotatable bonds is 2. The predicted octanol–water partition coefficient (Wildman–Crippen LogP) is 1.41. The Morgan fingerprint density at radius 1 is 1.40 bits per heavy atom. The lowest BCUT2D eigenvalue weighted by Crippen LogP contribution is -2.42. The van der Waals surface area contributed by atoms with Crippen molar-refractivity contribution in [3.05, 3.63) is 35.9 Å². The zero-order chi connectivity index (χ0) is 14.3. The van der Waals surface area contributed by atoms with E-state index in [1.165, 1.54) is 0 Å². The fourth-order valence-corrected chi connectivity index (χ4v) is 3.40. The summed E-state index contributed by atoms with van der Waals surface area (Å²) in [6.45, 7) is 1.55. The molecule has 1 N–H and O–H groups in total. The smallest absolute Gasteiger partial charge is 0.232 e. The summed E-state index contributed by atoms with van der Waals surface area (Å²) in [5.41, 5.74) is 3.73. The lowest BCUT2D eigenvalue weighted by atomic mass is 10.1. The summed E-state index contributed by atoms with van der Waals surface area (Å²) in [5.74, 6) is -0.0493. The van der Waals surface area contributed by atoms with Crippen molar-refractivity contribution in [2.24, 2.45) is 4.99 Å². The lowest BCUT2D eigenvalue weighted by Gasteiger charge is -2.23. The molecule has 0 saturated carbocycles. The maximum Gasteiger partial charge on any atom is 0.232 e. The van der Waals surface area contributed by atoms with Crippen LogP contribution in [0.3, 0.4) is 0 Å². The van der Waals surface area contributed by atoms with Gasteiger partial charge in [-0.1, -0.05) is 37.3 Å². The topological polar surface area (TPSA) is 61.8 Å². The molecule has 20 heavy (non-hydrogen) atoms. The molecule has 1 fully saturated rings. The van der Waals surface area contributed by atoms with Crippen LogP contribution in [0.15, 0.2) is 35.3 Å². The standard InChI is InChI=1S/C13H16FN3O2S/c1-2-20(18,19)13-15-12-10(14)8-11(17(12)16-13)9-6-4-3-5-7-9/h3-7,10-12H,2,8H2,1H3,(H,15,16)/t10-,11-,12?/m0/s1. The van der Waals surface area contributed by atoms with E-state index >= 15 is 0 Å². The van der Waals surface area contributed by atoms with Crippen molar-refractivity contribution in [3.8, 4) is 0 Å². The first-order valence-corrected chi connectivity index (χ1v) is 8.22. The molecule has 0 aromatic heterocycles. The summed E-state index contributed by atoms with van der Waals surface area (Å²) in [5, 5.41) is 1.50. The zero-order valence-electron chi connectivity index (χ0n) is 11.0. The normalized spacial score (nSPS) is 29.9. The van der Waals surface area contributed by atoms with Crippen LogP contribution in [-0.2, 0) is 9.84 Å². The Kier molecular flexibility index (Phi) is 3.25. The minimum Gasteiger partial charge on any atom is -0.291 e. The largest absolute Gasteiger partial charge is 0.291 e. The highest BCUT2D eigenvalue weighted by Gasteiger charge is 2.47. The molecule has 2 aliphatic rings. The second-order valence-corrected chi connectivity index (χ2v) is 7.14. The van der Waals surface area contributed by atoms with E-state index in [0.29, 0.717) is 6.42 Å². The Hall–Kier alpha value is -1.47. The van der Waals surface area contributed by atoms with Gasteiger partial charge in [-0.3, -0.25) is 5.43 Å². The van der Waals surface area contributed by atoms with Crippen LogP contribution in [0.1, 0.15) is 24.9 Å². The van der Waals surface area contributed by atoms with E-state index in [-0.39, 0.29) is 17.0 Å². The first-order chi connectivity index (χ1) is 9.53. The fraction of sp³-hybridized carbons (Fsp3) is 0.462. The second kappa shape index (κ2) is 4.82. The highest BCUT2D eigenvalue weighted by Crippen LogP contribution is 2.39. The summed E-state index contributed by atoms with van der Waals surface area (Å²) < 4.78 is 37.8. The van der Waals surface area contributed by atoms with E-state index in [9.17, 15) is 12.8 Å². The molecule has 0 bridgehead atoms. The zero-order valence-corrected chi connectivity index (χ0v) is 11.8. The van der Waals surface area contributed by atoms with Crippen molar-refractivity contribution in [2.45, 2.75) is 31.7 Å². The molecule has 2 heterocycles. The molecule has 0 amide bonds. The SMILES string of the molecule is CCS(=O)(=O)C1=NC2[C@@H](F)C[C@@H](c3ccccc3)N2N1. The van der Waals surface area contributed by atoms with E-state index in [1.807, 2.05) is 30.3 Å². The van der Waals surface area contributed by atoms with Gasteiger partial charge in [-0.15, -0.1) is 0 Å². The Balaban J connectivity index is 1.90. The van der Waals surface area contributed by atoms with Gasteiger partial charge in [0.2, 0.25) is 15.0 Å². The van der Waals surface area contributed by atoms with Crippen molar-refractivity contribution in [3.63, 3.8) is 0 Å². The number of aliphatic imine (C=N–C) groups is 1. The van der Waals surface area contributed by atoms with Crippen LogP contribution in [0.5, 0.6) is 0 Å². The summed E-state index contributed by atoms with van der Waals surface area (Å²) in [7, 11) is -3.44. The molecule has 0 aliphatic carbocycles. The van der Waals surface area contributed by atoms with Gasteiger partial charge in [0.15, 0.2) is 6.17 Å². The molecule has 7 heteroatoms. The van der Waals surface area contributed by atoms with Crippen molar-refractivity contribution in [1.82, 2.24) is 10.4 Å². The Morgan fingerprint density at radius 3 is 2.75 bits per heavy atom. The Labute approximate surface area is 117 Å². The molecule has 1 aromatic rings. The van der Waals surface area contributed by atoms with Crippen LogP contribution in [0, 0.1) is 0 Å². The van der Waals surface area contributed by atoms with Gasteiger partial charge in [-0.05, 0) is 5.56 Å². The molecule has 0 radical (unpaired) electrons. The van der Waals surface area contributed by atoms with Gasteiger partial charge in [0, 0.05) is 6.42 Å². The molecule has 3 atom stereocenters. The van der Waals surface area contributed by atoms with Crippen LogP contribution in [0.2, 0.25) is 0 Å². The third kappa shape index (κ3) is 2.10. The van der Waals surface area contributed by atoms with Gasteiger partial charge in [0.1, 0.15) is 6.17 Å². The summed E-state index contributed by atoms with van der Waals surface area (Å²) >= 11 is 0. The monoisotopic (exact) mass is 297 g/mol. The second-order valence-electron chi connectivity index (χ2n) is 4.95. The van der Waals surface area contributed by atoms with E-state index < -0.39 is 22.2 Å². The maximum atomic E-state index is 14.1. The Bertz CT molecular complexity index is 632. The van der Waals surface area contributed by atoms with Gasteiger partial charge >= 0.3 is 0 Å². The molecule has 1 aromatic carbocycles. The third-order valence-corrected chi connectivity index (χ3v) is 5.27. The summed E-state index contributed by atoms with van der Waals surface area (Å²) in [6.07, 6.45) is -1.61. The van der Waals surface area contributed by atoms with Gasteiger partial charge in [0.25, 0.3) is 0 Å².